The van der Waals surface area contributed by atoms with Crippen LogP contribution in [0, 0.1) is 16.0 Å². The molecule has 118 valence electrons. The summed E-state index contributed by atoms with van der Waals surface area (Å²) in [7, 11) is -3.73. The third kappa shape index (κ3) is 4.40. The van der Waals surface area contributed by atoms with Gasteiger partial charge >= 0.3 is 0 Å². The van der Waals surface area contributed by atoms with E-state index in [-0.39, 0.29) is 28.2 Å². The minimum Gasteiger partial charge on any atom is -0.384 e. The lowest BCUT2D eigenvalue weighted by molar-refractivity contribution is -0.384. The molecule has 0 saturated carbocycles. The Kier molecular flexibility index (Phi) is 5.68. The summed E-state index contributed by atoms with van der Waals surface area (Å²) < 4.78 is 27.4. The number of nitro benzene ring substituents is 1. The van der Waals surface area contributed by atoms with E-state index in [0.717, 1.165) is 0 Å². The molecule has 21 heavy (non-hydrogen) atoms. The van der Waals surface area contributed by atoms with Crippen molar-refractivity contribution in [3.8, 4) is 0 Å². The highest BCUT2D eigenvalue weighted by Gasteiger charge is 2.24. The lowest BCUT2D eigenvalue weighted by atomic mass is 10.1. The van der Waals surface area contributed by atoms with Crippen LogP contribution in [0.25, 0.3) is 0 Å². The molecule has 8 heteroatoms. The van der Waals surface area contributed by atoms with Gasteiger partial charge in [0.15, 0.2) is 0 Å². The van der Waals surface area contributed by atoms with Gasteiger partial charge in [0, 0.05) is 24.7 Å². The molecule has 1 rings (SSSR count). The summed E-state index contributed by atoms with van der Waals surface area (Å²) in [5.74, 6) is 0.139. The van der Waals surface area contributed by atoms with Gasteiger partial charge in [-0.15, -0.1) is 0 Å². The topological polar surface area (TPSA) is 101 Å². The monoisotopic (exact) mass is 315 g/mol. The zero-order chi connectivity index (χ0) is 16.2. The van der Waals surface area contributed by atoms with Crippen LogP contribution in [-0.4, -0.2) is 25.9 Å². The summed E-state index contributed by atoms with van der Waals surface area (Å²) in [6.07, 6.45) is 0. The van der Waals surface area contributed by atoms with Crippen molar-refractivity contribution in [2.24, 2.45) is 5.92 Å². The minimum atomic E-state index is -3.73. The predicted octanol–water partition coefficient (Wildman–Crippen LogP) is 2.35. The zero-order valence-corrected chi connectivity index (χ0v) is 13.4. The Morgan fingerprint density at radius 3 is 2.38 bits per heavy atom. The van der Waals surface area contributed by atoms with E-state index in [2.05, 4.69) is 10.0 Å². The maximum Gasteiger partial charge on any atom is 0.271 e. The van der Waals surface area contributed by atoms with E-state index in [1.165, 1.54) is 18.2 Å². The van der Waals surface area contributed by atoms with Gasteiger partial charge in [0.25, 0.3) is 5.69 Å². The van der Waals surface area contributed by atoms with E-state index in [9.17, 15) is 18.5 Å². The van der Waals surface area contributed by atoms with Crippen molar-refractivity contribution < 1.29 is 13.3 Å². The number of rotatable bonds is 7. The lowest BCUT2D eigenvalue weighted by Gasteiger charge is -2.19. The Morgan fingerprint density at radius 1 is 1.29 bits per heavy atom. The van der Waals surface area contributed by atoms with E-state index in [1.54, 1.807) is 13.8 Å². The molecule has 0 aromatic heterocycles. The molecular formula is C13H21N3O4S. The maximum atomic E-state index is 12.4. The molecular weight excluding hydrogens is 294 g/mol. The highest BCUT2D eigenvalue weighted by Crippen LogP contribution is 2.26. The van der Waals surface area contributed by atoms with E-state index < -0.39 is 14.9 Å². The van der Waals surface area contributed by atoms with Gasteiger partial charge in [-0.25, -0.2) is 13.1 Å². The van der Waals surface area contributed by atoms with Crippen LogP contribution in [0.15, 0.2) is 23.1 Å². The van der Waals surface area contributed by atoms with Crippen LogP contribution in [0.1, 0.15) is 27.7 Å². The molecule has 1 aromatic carbocycles. The number of non-ortho nitro benzene ring substituents is 1. The lowest BCUT2D eigenvalue weighted by Crippen LogP contribution is -2.36. The van der Waals surface area contributed by atoms with Crippen molar-refractivity contribution in [2.75, 3.05) is 11.9 Å². The molecule has 7 nitrogen and oxygen atoms in total. The predicted molar refractivity (Wildman–Crippen MR) is 81.9 cm³/mol. The second kappa shape index (κ2) is 6.86. The van der Waals surface area contributed by atoms with Crippen LogP contribution >= 0.6 is 0 Å². The molecule has 1 aromatic rings. The Bertz CT molecular complexity index is 614. The third-order valence-corrected chi connectivity index (χ3v) is 4.79. The van der Waals surface area contributed by atoms with Crippen LogP contribution in [-0.2, 0) is 10.0 Å². The van der Waals surface area contributed by atoms with Crippen molar-refractivity contribution in [3.63, 3.8) is 0 Å². The molecule has 0 radical (unpaired) electrons. The van der Waals surface area contributed by atoms with Crippen molar-refractivity contribution >= 4 is 21.4 Å². The second-order valence-corrected chi connectivity index (χ2v) is 6.80. The Balaban J connectivity index is 3.24. The highest BCUT2D eigenvalue weighted by atomic mass is 32.2. The summed E-state index contributed by atoms with van der Waals surface area (Å²) >= 11 is 0. The number of sulfonamides is 1. The van der Waals surface area contributed by atoms with Crippen LogP contribution in [0.2, 0.25) is 0 Å². The van der Waals surface area contributed by atoms with Crippen LogP contribution in [0.3, 0.4) is 0 Å². The number of nitrogens with zero attached hydrogens (tertiary/aromatic N) is 1. The first-order valence-electron chi connectivity index (χ1n) is 6.73. The molecule has 0 bridgehead atoms. The molecule has 0 aliphatic carbocycles. The molecule has 0 aliphatic heterocycles. The van der Waals surface area contributed by atoms with Gasteiger partial charge in [0.05, 0.1) is 10.6 Å². The molecule has 1 unspecified atom stereocenters. The average molecular weight is 315 g/mol. The van der Waals surface area contributed by atoms with E-state index in [0.29, 0.717) is 6.54 Å². The van der Waals surface area contributed by atoms with Gasteiger partial charge in [0.1, 0.15) is 4.90 Å². The van der Waals surface area contributed by atoms with Crippen molar-refractivity contribution in [1.29, 1.82) is 0 Å². The highest BCUT2D eigenvalue weighted by molar-refractivity contribution is 7.89. The largest absolute Gasteiger partial charge is 0.384 e. The van der Waals surface area contributed by atoms with Crippen LogP contribution in [0.4, 0.5) is 11.4 Å². The molecule has 0 amide bonds. The number of anilines is 1. The van der Waals surface area contributed by atoms with Gasteiger partial charge in [0.2, 0.25) is 10.0 Å². The molecule has 0 heterocycles. The molecule has 2 N–H and O–H groups in total. The van der Waals surface area contributed by atoms with Gasteiger partial charge in [-0.1, -0.05) is 13.8 Å². The fourth-order valence-electron chi connectivity index (χ4n) is 1.64. The fourth-order valence-corrected chi connectivity index (χ4v) is 3.20. The number of nitrogens with one attached hydrogen (secondary N) is 2. The molecule has 0 spiro atoms. The Labute approximate surface area is 124 Å². The van der Waals surface area contributed by atoms with E-state index in [1.807, 2.05) is 13.8 Å². The summed E-state index contributed by atoms with van der Waals surface area (Å²) in [5.41, 5.74) is 0.0805. The average Bonchev–Trinajstić information content (AvgIpc) is 2.38. The first-order valence-corrected chi connectivity index (χ1v) is 8.22. The zero-order valence-electron chi connectivity index (χ0n) is 12.6. The smallest absolute Gasteiger partial charge is 0.271 e. The fraction of sp³-hybridized carbons (Fsp3) is 0.538. The SMILES string of the molecule is CCNc1cc([N+](=O)[O-])ccc1S(=O)(=O)NC(C)C(C)C. The van der Waals surface area contributed by atoms with Crippen LogP contribution < -0.4 is 10.0 Å². The standard InChI is InChI=1S/C13H21N3O4S/c1-5-14-12-8-11(16(17)18)6-7-13(12)21(19,20)15-10(4)9(2)3/h6-10,14-15H,5H2,1-4H3. The van der Waals surface area contributed by atoms with Crippen molar-refractivity contribution in [3.05, 3.63) is 28.3 Å². The maximum absolute atomic E-state index is 12.4. The minimum absolute atomic E-state index is 0.0162. The first kappa shape index (κ1) is 17.4. The first-order chi connectivity index (χ1) is 9.69. The van der Waals surface area contributed by atoms with Gasteiger partial charge < -0.3 is 5.32 Å². The number of hydrogen-bond acceptors (Lipinski definition) is 5. The van der Waals surface area contributed by atoms with Gasteiger partial charge in [-0.3, -0.25) is 10.1 Å². The summed E-state index contributed by atoms with van der Waals surface area (Å²) in [5, 5.41) is 13.7. The third-order valence-electron chi connectivity index (χ3n) is 3.17. The summed E-state index contributed by atoms with van der Waals surface area (Å²) in [6, 6.07) is 3.44. The van der Waals surface area contributed by atoms with Crippen LogP contribution in [0.5, 0.6) is 0 Å². The summed E-state index contributed by atoms with van der Waals surface area (Å²) in [6.45, 7) is 7.85. The summed E-state index contributed by atoms with van der Waals surface area (Å²) in [4.78, 5) is 10.3. The van der Waals surface area contributed by atoms with Gasteiger partial charge in [-0.2, -0.15) is 0 Å². The normalized spacial score (nSPS) is 13.2. The van der Waals surface area contributed by atoms with E-state index in [4.69, 9.17) is 0 Å². The quantitative estimate of drug-likeness (QED) is 0.594. The second-order valence-electron chi connectivity index (χ2n) is 5.12. The number of benzene rings is 1. The van der Waals surface area contributed by atoms with E-state index >= 15 is 0 Å². The number of hydrogen-bond donors (Lipinski definition) is 2. The van der Waals surface area contributed by atoms with Gasteiger partial charge in [-0.05, 0) is 25.8 Å². The molecule has 0 fully saturated rings. The Hall–Kier alpha value is -1.67. The molecule has 0 saturated heterocycles. The molecule has 1 atom stereocenters. The molecule has 0 aliphatic rings. The van der Waals surface area contributed by atoms with Crippen molar-refractivity contribution in [1.82, 2.24) is 4.72 Å². The van der Waals surface area contributed by atoms with Crippen molar-refractivity contribution in [2.45, 2.75) is 38.6 Å². The number of nitro groups is 1. The Morgan fingerprint density at radius 2 is 1.90 bits per heavy atom.